The van der Waals surface area contributed by atoms with Gasteiger partial charge in [0.25, 0.3) is 0 Å². The smallest absolute Gasteiger partial charge is 0.328 e. The van der Waals surface area contributed by atoms with Crippen molar-refractivity contribution in [1.82, 2.24) is 5.32 Å². The zero-order chi connectivity index (χ0) is 10.5. The highest BCUT2D eigenvalue weighted by atomic mass is 35.5. The highest BCUT2D eigenvalue weighted by molar-refractivity contribution is 6.17. The quantitative estimate of drug-likeness (QED) is 0.661. The SMILES string of the molecule is CC(C)(NC(=O)CCCCl)C(=O)O. The minimum Gasteiger partial charge on any atom is -0.480 e. The number of carbonyl (C=O) groups is 2. The molecule has 0 rings (SSSR count). The van der Waals surface area contributed by atoms with Gasteiger partial charge in [-0.15, -0.1) is 11.6 Å². The number of nitrogens with one attached hydrogen (secondary N) is 1. The number of hydrogen-bond donors (Lipinski definition) is 2. The molecule has 5 heteroatoms. The van der Waals surface area contributed by atoms with Crippen molar-refractivity contribution in [2.75, 3.05) is 5.88 Å². The third kappa shape index (κ3) is 4.72. The molecular weight excluding hydrogens is 194 g/mol. The van der Waals surface area contributed by atoms with Crippen LogP contribution in [0.3, 0.4) is 0 Å². The normalized spacial score (nSPS) is 11.0. The molecule has 0 heterocycles. The van der Waals surface area contributed by atoms with Crippen LogP contribution in [-0.2, 0) is 9.59 Å². The summed E-state index contributed by atoms with van der Waals surface area (Å²) in [4.78, 5) is 21.7. The lowest BCUT2D eigenvalue weighted by molar-refractivity contribution is -0.146. The minimum atomic E-state index is -1.20. The highest BCUT2D eigenvalue weighted by Crippen LogP contribution is 2.03. The summed E-state index contributed by atoms with van der Waals surface area (Å²) in [7, 11) is 0. The molecule has 0 aromatic carbocycles. The van der Waals surface area contributed by atoms with E-state index in [4.69, 9.17) is 16.7 Å². The Labute approximate surface area is 82.3 Å². The third-order valence-electron chi connectivity index (χ3n) is 1.52. The number of carbonyl (C=O) groups excluding carboxylic acids is 1. The molecule has 0 aromatic heterocycles. The summed E-state index contributed by atoms with van der Waals surface area (Å²) in [5.74, 6) is -0.930. The number of carboxylic acid groups (broad SMARTS) is 1. The molecule has 76 valence electrons. The van der Waals surface area contributed by atoms with Crippen LogP contribution in [0, 0.1) is 0 Å². The Bertz CT molecular complexity index is 204. The van der Waals surface area contributed by atoms with Crippen molar-refractivity contribution >= 4 is 23.5 Å². The van der Waals surface area contributed by atoms with Crippen LogP contribution in [-0.4, -0.2) is 28.4 Å². The van der Waals surface area contributed by atoms with Crippen molar-refractivity contribution in [3.8, 4) is 0 Å². The van der Waals surface area contributed by atoms with E-state index >= 15 is 0 Å². The maximum absolute atomic E-state index is 11.1. The van der Waals surface area contributed by atoms with Gasteiger partial charge in [0.2, 0.25) is 5.91 Å². The molecule has 0 radical (unpaired) electrons. The van der Waals surface area contributed by atoms with E-state index in [1.54, 1.807) is 0 Å². The molecule has 0 saturated carbocycles. The predicted octanol–water partition coefficient (Wildman–Crippen LogP) is 0.985. The van der Waals surface area contributed by atoms with Crippen LogP contribution in [0.25, 0.3) is 0 Å². The number of hydrogen-bond acceptors (Lipinski definition) is 2. The molecule has 0 fully saturated rings. The standard InChI is InChI=1S/C8H14ClNO3/c1-8(2,7(12)13)10-6(11)4-3-5-9/h3-5H2,1-2H3,(H,10,11)(H,12,13). The highest BCUT2D eigenvalue weighted by Gasteiger charge is 2.28. The zero-order valence-corrected chi connectivity index (χ0v) is 8.52. The van der Waals surface area contributed by atoms with Gasteiger partial charge >= 0.3 is 5.97 Å². The van der Waals surface area contributed by atoms with E-state index in [1.807, 2.05) is 0 Å². The van der Waals surface area contributed by atoms with Crippen LogP contribution < -0.4 is 5.32 Å². The molecule has 0 spiro atoms. The van der Waals surface area contributed by atoms with Crippen LogP contribution >= 0.6 is 11.6 Å². The van der Waals surface area contributed by atoms with Crippen LogP contribution in [0.5, 0.6) is 0 Å². The molecule has 0 aliphatic heterocycles. The van der Waals surface area contributed by atoms with Crippen molar-refractivity contribution < 1.29 is 14.7 Å². The van der Waals surface area contributed by atoms with Gasteiger partial charge in [-0.3, -0.25) is 4.79 Å². The number of amides is 1. The monoisotopic (exact) mass is 207 g/mol. The molecule has 0 atom stereocenters. The Kier molecular flexibility index (Phi) is 4.77. The summed E-state index contributed by atoms with van der Waals surface area (Å²) in [6, 6.07) is 0. The van der Waals surface area contributed by atoms with Crippen LogP contribution in [0.1, 0.15) is 26.7 Å². The molecule has 4 nitrogen and oxygen atoms in total. The molecule has 0 saturated heterocycles. The van der Waals surface area contributed by atoms with E-state index in [-0.39, 0.29) is 12.3 Å². The fourth-order valence-corrected chi connectivity index (χ4v) is 0.826. The van der Waals surface area contributed by atoms with Gasteiger partial charge in [0.05, 0.1) is 0 Å². The molecule has 0 aromatic rings. The molecule has 0 aliphatic carbocycles. The Balaban J connectivity index is 3.97. The molecule has 2 N–H and O–H groups in total. The van der Waals surface area contributed by atoms with Gasteiger partial charge in [0.1, 0.15) is 5.54 Å². The Morgan fingerprint density at radius 1 is 1.46 bits per heavy atom. The van der Waals surface area contributed by atoms with Crippen molar-refractivity contribution in [2.24, 2.45) is 0 Å². The number of aliphatic carboxylic acids is 1. The topological polar surface area (TPSA) is 66.4 Å². The Morgan fingerprint density at radius 3 is 2.38 bits per heavy atom. The number of rotatable bonds is 5. The van der Waals surface area contributed by atoms with Gasteiger partial charge in [-0.1, -0.05) is 0 Å². The van der Waals surface area contributed by atoms with Crippen LogP contribution in [0.4, 0.5) is 0 Å². The van der Waals surface area contributed by atoms with Crippen molar-refractivity contribution in [3.05, 3.63) is 0 Å². The summed E-state index contributed by atoms with van der Waals surface area (Å²) in [6.45, 7) is 2.88. The maximum atomic E-state index is 11.1. The second kappa shape index (κ2) is 5.07. The summed E-state index contributed by atoms with van der Waals surface area (Å²) < 4.78 is 0. The van der Waals surface area contributed by atoms with E-state index in [2.05, 4.69) is 5.32 Å². The van der Waals surface area contributed by atoms with Gasteiger partial charge in [-0.25, -0.2) is 4.79 Å². The van der Waals surface area contributed by atoms with Gasteiger partial charge in [-0.05, 0) is 20.3 Å². The average molecular weight is 208 g/mol. The predicted molar refractivity (Wildman–Crippen MR) is 49.8 cm³/mol. The second-order valence-electron chi connectivity index (χ2n) is 3.27. The molecule has 13 heavy (non-hydrogen) atoms. The number of carboxylic acids is 1. The largest absolute Gasteiger partial charge is 0.480 e. The fourth-order valence-electron chi connectivity index (χ4n) is 0.692. The summed E-state index contributed by atoms with van der Waals surface area (Å²) in [5, 5.41) is 11.1. The number of halogens is 1. The van der Waals surface area contributed by atoms with E-state index in [0.717, 1.165) is 0 Å². The fraction of sp³-hybridized carbons (Fsp3) is 0.750. The van der Waals surface area contributed by atoms with Crippen molar-refractivity contribution in [2.45, 2.75) is 32.2 Å². The zero-order valence-electron chi connectivity index (χ0n) is 7.76. The summed E-state index contributed by atoms with van der Waals surface area (Å²) >= 11 is 5.38. The van der Waals surface area contributed by atoms with Crippen LogP contribution in [0.2, 0.25) is 0 Å². The van der Waals surface area contributed by atoms with Gasteiger partial charge in [0, 0.05) is 12.3 Å². The van der Waals surface area contributed by atoms with Gasteiger partial charge < -0.3 is 10.4 Å². The lowest BCUT2D eigenvalue weighted by atomic mass is 10.1. The maximum Gasteiger partial charge on any atom is 0.328 e. The molecular formula is C8H14ClNO3. The lowest BCUT2D eigenvalue weighted by Gasteiger charge is -2.20. The summed E-state index contributed by atoms with van der Waals surface area (Å²) in [5.41, 5.74) is -1.20. The lowest BCUT2D eigenvalue weighted by Crippen LogP contribution is -2.49. The first kappa shape index (κ1) is 12.2. The first-order valence-electron chi connectivity index (χ1n) is 4.00. The van der Waals surface area contributed by atoms with Crippen LogP contribution in [0.15, 0.2) is 0 Å². The van der Waals surface area contributed by atoms with Crippen molar-refractivity contribution in [3.63, 3.8) is 0 Å². The van der Waals surface area contributed by atoms with E-state index in [0.29, 0.717) is 12.3 Å². The number of alkyl halides is 1. The van der Waals surface area contributed by atoms with Crippen molar-refractivity contribution in [1.29, 1.82) is 0 Å². The molecule has 0 unspecified atom stereocenters. The summed E-state index contributed by atoms with van der Waals surface area (Å²) in [6.07, 6.45) is 0.823. The van der Waals surface area contributed by atoms with E-state index < -0.39 is 11.5 Å². The van der Waals surface area contributed by atoms with Gasteiger partial charge in [0.15, 0.2) is 0 Å². The molecule has 0 aliphatic rings. The van der Waals surface area contributed by atoms with E-state index in [9.17, 15) is 9.59 Å². The second-order valence-corrected chi connectivity index (χ2v) is 3.65. The van der Waals surface area contributed by atoms with E-state index in [1.165, 1.54) is 13.8 Å². The Morgan fingerprint density at radius 2 is 2.00 bits per heavy atom. The minimum absolute atomic E-state index is 0.264. The average Bonchev–Trinajstić information content (AvgIpc) is 1.99. The molecule has 1 amide bonds. The third-order valence-corrected chi connectivity index (χ3v) is 1.79. The first-order valence-corrected chi connectivity index (χ1v) is 4.54. The first-order chi connectivity index (χ1) is 5.90. The molecule has 0 bridgehead atoms. The van der Waals surface area contributed by atoms with Gasteiger partial charge in [-0.2, -0.15) is 0 Å². The Hall–Kier alpha value is -0.770.